The number of hydrogen-bond donors (Lipinski definition) is 2. The Morgan fingerprint density at radius 1 is 1.06 bits per heavy atom. The molecule has 154 valence electrons. The second kappa shape index (κ2) is 7.84. The maximum absolute atomic E-state index is 11.6. The van der Waals surface area contributed by atoms with Gasteiger partial charge in [-0.15, -0.1) is 15.3 Å². The first-order valence-corrected chi connectivity index (χ1v) is 9.54. The van der Waals surface area contributed by atoms with Crippen molar-refractivity contribution in [2.24, 2.45) is 5.92 Å². The number of carboxylic acids is 1. The normalized spacial score (nSPS) is 12.1. The predicted molar refractivity (Wildman–Crippen MR) is 112 cm³/mol. The number of benzene rings is 2. The fraction of sp³-hybridized carbons (Fsp3) is 0.182. The Kier molecular flexibility index (Phi) is 5.05. The molecule has 0 amide bonds. The molecule has 4 rings (SSSR count). The SMILES string of the molecule is CC(C)C(C(=O)O)n1cc(-c2cc3cc(-c4ccccc4O)nnc3cc2C#N)nn1. The molecule has 0 radical (unpaired) electrons. The smallest absolute Gasteiger partial charge is 0.328 e. The van der Waals surface area contributed by atoms with Crippen molar-refractivity contribution in [3.63, 3.8) is 0 Å². The minimum Gasteiger partial charge on any atom is -0.507 e. The van der Waals surface area contributed by atoms with Gasteiger partial charge >= 0.3 is 5.97 Å². The first-order valence-electron chi connectivity index (χ1n) is 9.54. The molecule has 31 heavy (non-hydrogen) atoms. The van der Waals surface area contributed by atoms with Gasteiger partial charge in [-0.3, -0.25) is 0 Å². The summed E-state index contributed by atoms with van der Waals surface area (Å²) in [7, 11) is 0. The summed E-state index contributed by atoms with van der Waals surface area (Å²) < 4.78 is 1.30. The van der Waals surface area contributed by atoms with Crippen LogP contribution in [0.2, 0.25) is 0 Å². The van der Waals surface area contributed by atoms with Crippen LogP contribution in [0.25, 0.3) is 33.4 Å². The van der Waals surface area contributed by atoms with Crippen LogP contribution in [0.15, 0.2) is 48.7 Å². The monoisotopic (exact) mass is 414 g/mol. The molecule has 0 aliphatic rings. The molecular weight excluding hydrogens is 396 g/mol. The molecule has 0 saturated carbocycles. The molecule has 9 heteroatoms. The van der Waals surface area contributed by atoms with Crippen molar-refractivity contribution in [3.05, 3.63) is 54.2 Å². The average Bonchev–Trinajstić information content (AvgIpc) is 3.21. The van der Waals surface area contributed by atoms with Gasteiger partial charge in [0.25, 0.3) is 0 Å². The maximum Gasteiger partial charge on any atom is 0.328 e. The lowest BCUT2D eigenvalue weighted by Gasteiger charge is -2.15. The average molecular weight is 414 g/mol. The van der Waals surface area contributed by atoms with Gasteiger partial charge in [0.15, 0.2) is 6.04 Å². The van der Waals surface area contributed by atoms with Crippen molar-refractivity contribution in [1.82, 2.24) is 25.2 Å². The minimum absolute atomic E-state index is 0.0846. The summed E-state index contributed by atoms with van der Waals surface area (Å²) in [5.74, 6) is -1.12. The van der Waals surface area contributed by atoms with Crippen molar-refractivity contribution >= 4 is 16.9 Å². The van der Waals surface area contributed by atoms with E-state index < -0.39 is 12.0 Å². The fourth-order valence-corrected chi connectivity index (χ4v) is 3.46. The summed E-state index contributed by atoms with van der Waals surface area (Å²) in [6.07, 6.45) is 1.53. The predicted octanol–water partition coefficient (Wildman–Crippen LogP) is 3.41. The van der Waals surface area contributed by atoms with E-state index in [1.165, 1.54) is 10.9 Å². The first kappa shape index (κ1) is 20.0. The van der Waals surface area contributed by atoms with E-state index in [0.29, 0.717) is 39.0 Å². The molecule has 0 saturated heterocycles. The van der Waals surface area contributed by atoms with Gasteiger partial charge in [-0.2, -0.15) is 5.26 Å². The highest BCUT2D eigenvalue weighted by molar-refractivity contribution is 5.89. The molecular formula is C22H18N6O3. The molecule has 0 fully saturated rings. The number of phenolic OH excluding ortho intramolecular Hbond substituents is 1. The number of phenols is 1. The summed E-state index contributed by atoms with van der Waals surface area (Å²) in [6.45, 7) is 3.58. The number of aromatic nitrogens is 5. The zero-order valence-electron chi connectivity index (χ0n) is 16.8. The third-order valence-electron chi connectivity index (χ3n) is 4.98. The van der Waals surface area contributed by atoms with Crippen LogP contribution in [0.3, 0.4) is 0 Å². The summed E-state index contributed by atoms with van der Waals surface area (Å²) in [4.78, 5) is 11.6. The van der Waals surface area contributed by atoms with Crippen LogP contribution >= 0.6 is 0 Å². The van der Waals surface area contributed by atoms with E-state index in [0.717, 1.165) is 0 Å². The number of aliphatic carboxylic acids is 1. The van der Waals surface area contributed by atoms with Crippen LogP contribution in [0.5, 0.6) is 5.75 Å². The molecule has 0 aliphatic carbocycles. The van der Waals surface area contributed by atoms with Gasteiger partial charge in [0, 0.05) is 16.5 Å². The topological polar surface area (TPSA) is 138 Å². The molecule has 4 aromatic rings. The zero-order valence-corrected chi connectivity index (χ0v) is 16.8. The summed E-state index contributed by atoms with van der Waals surface area (Å²) >= 11 is 0. The minimum atomic E-state index is -1.01. The van der Waals surface area contributed by atoms with Crippen LogP contribution in [0.1, 0.15) is 25.5 Å². The molecule has 1 unspecified atom stereocenters. The highest BCUT2D eigenvalue weighted by Gasteiger charge is 2.25. The third-order valence-corrected chi connectivity index (χ3v) is 4.98. The molecule has 0 bridgehead atoms. The molecule has 2 N–H and O–H groups in total. The van der Waals surface area contributed by atoms with Crippen LogP contribution in [0, 0.1) is 17.2 Å². The molecule has 9 nitrogen and oxygen atoms in total. The van der Waals surface area contributed by atoms with E-state index in [-0.39, 0.29) is 11.7 Å². The van der Waals surface area contributed by atoms with Gasteiger partial charge in [0.05, 0.1) is 29.0 Å². The van der Waals surface area contributed by atoms with Crippen molar-refractivity contribution in [3.8, 4) is 34.3 Å². The Morgan fingerprint density at radius 2 is 1.84 bits per heavy atom. The van der Waals surface area contributed by atoms with Gasteiger partial charge < -0.3 is 10.2 Å². The first-order chi connectivity index (χ1) is 14.9. The number of carboxylic acid groups (broad SMARTS) is 1. The Morgan fingerprint density at radius 3 is 2.52 bits per heavy atom. The largest absolute Gasteiger partial charge is 0.507 e. The van der Waals surface area contributed by atoms with Crippen LogP contribution in [-0.2, 0) is 4.79 Å². The zero-order chi connectivity index (χ0) is 22.1. The van der Waals surface area contributed by atoms with Crippen molar-refractivity contribution in [2.75, 3.05) is 0 Å². The molecule has 0 aliphatic heterocycles. The van der Waals surface area contributed by atoms with E-state index in [1.54, 1.807) is 56.3 Å². The number of aromatic hydroxyl groups is 1. The summed E-state index contributed by atoms with van der Waals surface area (Å²) in [5, 5.41) is 46.4. The number of carbonyl (C=O) groups is 1. The highest BCUT2D eigenvalue weighted by Crippen LogP contribution is 2.31. The molecule has 0 spiro atoms. The van der Waals surface area contributed by atoms with Gasteiger partial charge in [-0.05, 0) is 36.2 Å². The maximum atomic E-state index is 11.6. The number of hydrogen-bond acceptors (Lipinski definition) is 7. The van der Waals surface area contributed by atoms with E-state index in [9.17, 15) is 20.3 Å². The summed E-state index contributed by atoms with van der Waals surface area (Å²) in [6, 6.07) is 13.2. The van der Waals surface area contributed by atoms with Crippen molar-refractivity contribution < 1.29 is 15.0 Å². The Labute approximate surface area is 177 Å². The summed E-state index contributed by atoms with van der Waals surface area (Å²) in [5.41, 5.74) is 2.74. The van der Waals surface area contributed by atoms with E-state index in [4.69, 9.17) is 0 Å². The van der Waals surface area contributed by atoms with E-state index in [2.05, 4.69) is 26.6 Å². The molecule has 1 atom stereocenters. The molecule has 2 aromatic carbocycles. The van der Waals surface area contributed by atoms with Crippen LogP contribution in [0.4, 0.5) is 0 Å². The second-order valence-electron chi connectivity index (χ2n) is 7.43. The number of fused-ring (bicyclic) bond motifs is 1. The number of nitriles is 1. The second-order valence-corrected chi connectivity index (χ2v) is 7.43. The lowest BCUT2D eigenvalue weighted by atomic mass is 10.0. The van der Waals surface area contributed by atoms with Crippen LogP contribution in [-0.4, -0.2) is 41.4 Å². The van der Waals surface area contributed by atoms with Crippen molar-refractivity contribution in [2.45, 2.75) is 19.9 Å². The Bertz CT molecular complexity index is 1340. The number of rotatable bonds is 5. The highest BCUT2D eigenvalue weighted by atomic mass is 16.4. The fourth-order valence-electron chi connectivity index (χ4n) is 3.46. The quantitative estimate of drug-likeness (QED) is 0.507. The Hall–Kier alpha value is -4.32. The lowest BCUT2D eigenvalue weighted by Crippen LogP contribution is -2.24. The molecule has 2 heterocycles. The number of para-hydroxylation sites is 1. The van der Waals surface area contributed by atoms with Crippen LogP contribution < -0.4 is 0 Å². The third kappa shape index (κ3) is 3.67. The molecule has 2 aromatic heterocycles. The lowest BCUT2D eigenvalue weighted by molar-refractivity contribution is -0.142. The van der Waals surface area contributed by atoms with Gasteiger partial charge in [-0.1, -0.05) is 31.2 Å². The van der Waals surface area contributed by atoms with Gasteiger partial charge in [-0.25, -0.2) is 9.48 Å². The van der Waals surface area contributed by atoms with E-state index in [1.807, 2.05) is 0 Å². The van der Waals surface area contributed by atoms with Gasteiger partial charge in [0.2, 0.25) is 0 Å². The number of nitrogens with zero attached hydrogens (tertiary/aromatic N) is 6. The standard InChI is InChI=1S/C22H18N6O3/c1-12(2)21(22(30)31)28-11-19(26-27-28)16-7-13-8-18(15-5-3-4-6-20(15)29)25-24-17(13)9-14(16)10-23/h3-9,11-12,21,29H,1-2H3,(H,30,31). The van der Waals surface area contributed by atoms with Crippen molar-refractivity contribution in [1.29, 1.82) is 5.26 Å². The Balaban J connectivity index is 1.84. The van der Waals surface area contributed by atoms with E-state index >= 15 is 0 Å². The van der Waals surface area contributed by atoms with Gasteiger partial charge in [0.1, 0.15) is 11.4 Å².